The number of carbonyl (C=O) groups excluding carboxylic acids is 1. The van der Waals surface area contributed by atoms with Gasteiger partial charge in [0.1, 0.15) is 12.4 Å². The van der Waals surface area contributed by atoms with Crippen LogP contribution in [0.25, 0.3) is 0 Å². The number of likely N-dealkylation sites (N-methyl/N-ethyl adjacent to an activating group) is 1. The third-order valence-corrected chi connectivity index (χ3v) is 3.31. The van der Waals surface area contributed by atoms with Crippen molar-refractivity contribution in [1.82, 2.24) is 10.2 Å². The Labute approximate surface area is 108 Å². The van der Waals surface area contributed by atoms with Gasteiger partial charge in [-0.3, -0.25) is 9.69 Å². The van der Waals surface area contributed by atoms with Crippen molar-refractivity contribution in [3.8, 4) is 5.75 Å². The predicted octanol–water partition coefficient (Wildman–Crippen LogP) is 1.28. The van der Waals surface area contributed by atoms with Crippen LogP contribution in [0.3, 0.4) is 0 Å². The fraction of sp³-hybridized carbons (Fsp3) is 0.500. The Morgan fingerprint density at radius 3 is 2.94 bits per heavy atom. The molecule has 1 amide bonds. The molecular weight excluding hydrogens is 228 g/mol. The maximum absolute atomic E-state index is 11.4. The van der Waals surface area contributed by atoms with E-state index in [2.05, 4.69) is 10.2 Å². The molecule has 0 spiro atoms. The molecule has 1 N–H and O–H groups in total. The zero-order chi connectivity index (χ0) is 12.8. The summed E-state index contributed by atoms with van der Waals surface area (Å²) in [6, 6.07) is 10.2. The molecule has 0 radical (unpaired) electrons. The van der Waals surface area contributed by atoms with Crippen LogP contribution in [0.1, 0.15) is 12.8 Å². The largest absolute Gasteiger partial charge is 0.492 e. The second kappa shape index (κ2) is 6.40. The maximum Gasteiger partial charge on any atom is 0.233 e. The fourth-order valence-corrected chi connectivity index (χ4v) is 2.26. The molecule has 1 unspecified atom stereocenters. The number of rotatable bonds is 5. The Bertz CT molecular complexity index is 381. The quantitative estimate of drug-likeness (QED) is 0.853. The predicted molar refractivity (Wildman–Crippen MR) is 70.6 cm³/mol. The molecule has 1 fully saturated rings. The molecule has 2 rings (SSSR count). The first-order valence-electron chi connectivity index (χ1n) is 6.42. The molecule has 18 heavy (non-hydrogen) atoms. The standard InChI is InChI=1S/C14H20N2O2/c1-15-14(17)10-16-9-5-6-12(16)11-18-13-7-3-2-4-8-13/h2-4,7-8,12H,5-6,9-11H2,1H3,(H,15,17). The number of nitrogens with one attached hydrogen (secondary N) is 1. The minimum absolute atomic E-state index is 0.0709. The van der Waals surface area contributed by atoms with E-state index in [1.165, 1.54) is 0 Å². The van der Waals surface area contributed by atoms with Crippen LogP contribution in [0.15, 0.2) is 30.3 Å². The number of hydrogen-bond donors (Lipinski definition) is 1. The minimum atomic E-state index is 0.0709. The van der Waals surface area contributed by atoms with Crippen molar-refractivity contribution in [3.63, 3.8) is 0 Å². The Kier molecular flexibility index (Phi) is 4.59. The van der Waals surface area contributed by atoms with Crippen molar-refractivity contribution in [1.29, 1.82) is 0 Å². The molecule has 4 nitrogen and oxygen atoms in total. The highest BCUT2D eigenvalue weighted by Crippen LogP contribution is 2.18. The number of benzene rings is 1. The summed E-state index contributed by atoms with van der Waals surface area (Å²) in [6.45, 7) is 2.11. The van der Waals surface area contributed by atoms with Crippen molar-refractivity contribution >= 4 is 5.91 Å². The Morgan fingerprint density at radius 1 is 1.44 bits per heavy atom. The van der Waals surface area contributed by atoms with Gasteiger partial charge in [-0.1, -0.05) is 18.2 Å². The molecule has 1 aromatic carbocycles. The number of amides is 1. The molecule has 98 valence electrons. The van der Waals surface area contributed by atoms with Gasteiger partial charge in [-0.2, -0.15) is 0 Å². The summed E-state index contributed by atoms with van der Waals surface area (Å²) in [7, 11) is 1.67. The van der Waals surface area contributed by atoms with E-state index in [-0.39, 0.29) is 5.91 Å². The van der Waals surface area contributed by atoms with Gasteiger partial charge in [0, 0.05) is 13.1 Å². The van der Waals surface area contributed by atoms with E-state index in [1.54, 1.807) is 7.05 Å². The molecule has 4 heteroatoms. The first-order chi connectivity index (χ1) is 8.79. The fourth-order valence-electron chi connectivity index (χ4n) is 2.26. The molecule has 0 bridgehead atoms. The molecule has 0 aliphatic carbocycles. The van der Waals surface area contributed by atoms with E-state index < -0.39 is 0 Å². The summed E-state index contributed by atoms with van der Waals surface area (Å²) in [4.78, 5) is 13.6. The summed E-state index contributed by atoms with van der Waals surface area (Å²) in [6.07, 6.45) is 2.24. The minimum Gasteiger partial charge on any atom is -0.492 e. The molecule has 1 saturated heterocycles. The van der Waals surface area contributed by atoms with Crippen molar-refractivity contribution in [2.24, 2.45) is 0 Å². The normalized spacial score (nSPS) is 19.7. The molecule has 1 aliphatic heterocycles. The van der Waals surface area contributed by atoms with E-state index in [1.807, 2.05) is 30.3 Å². The molecule has 1 heterocycles. The Hall–Kier alpha value is -1.55. The van der Waals surface area contributed by atoms with Crippen LogP contribution >= 0.6 is 0 Å². The summed E-state index contributed by atoms with van der Waals surface area (Å²) in [5, 5.41) is 2.66. The molecule has 1 aromatic rings. The monoisotopic (exact) mass is 248 g/mol. The van der Waals surface area contributed by atoms with Crippen LogP contribution in [-0.4, -0.2) is 43.6 Å². The Morgan fingerprint density at radius 2 is 2.22 bits per heavy atom. The number of ether oxygens (including phenoxy) is 1. The summed E-state index contributed by atoms with van der Waals surface area (Å²) in [5.41, 5.74) is 0. The van der Waals surface area contributed by atoms with Crippen molar-refractivity contribution in [3.05, 3.63) is 30.3 Å². The lowest BCUT2D eigenvalue weighted by Gasteiger charge is -2.23. The van der Waals surface area contributed by atoms with Gasteiger partial charge < -0.3 is 10.1 Å². The lowest BCUT2D eigenvalue weighted by Crippen LogP contribution is -2.41. The van der Waals surface area contributed by atoms with Crippen molar-refractivity contribution in [2.45, 2.75) is 18.9 Å². The van der Waals surface area contributed by atoms with Crippen LogP contribution in [0.2, 0.25) is 0 Å². The summed E-state index contributed by atoms with van der Waals surface area (Å²) in [5.74, 6) is 0.964. The maximum atomic E-state index is 11.4. The zero-order valence-electron chi connectivity index (χ0n) is 10.8. The van der Waals surface area contributed by atoms with Crippen LogP contribution < -0.4 is 10.1 Å². The number of hydrogen-bond acceptors (Lipinski definition) is 3. The van der Waals surface area contributed by atoms with Gasteiger partial charge >= 0.3 is 0 Å². The third-order valence-electron chi connectivity index (χ3n) is 3.31. The smallest absolute Gasteiger partial charge is 0.233 e. The first-order valence-corrected chi connectivity index (χ1v) is 6.42. The zero-order valence-corrected chi connectivity index (χ0v) is 10.8. The van der Waals surface area contributed by atoms with Crippen LogP contribution in [0, 0.1) is 0 Å². The third kappa shape index (κ3) is 3.47. The molecule has 0 saturated carbocycles. The summed E-state index contributed by atoms with van der Waals surface area (Å²) < 4.78 is 5.76. The highest BCUT2D eigenvalue weighted by Gasteiger charge is 2.26. The van der Waals surface area contributed by atoms with Gasteiger partial charge in [0.25, 0.3) is 0 Å². The topological polar surface area (TPSA) is 41.6 Å². The second-order valence-corrected chi connectivity index (χ2v) is 4.56. The average Bonchev–Trinajstić information content (AvgIpc) is 2.84. The van der Waals surface area contributed by atoms with Crippen molar-refractivity contribution in [2.75, 3.05) is 26.7 Å². The van der Waals surface area contributed by atoms with Crippen LogP contribution in [-0.2, 0) is 4.79 Å². The van der Waals surface area contributed by atoms with Gasteiger partial charge in [-0.25, -0.2) is 0 Å². The van der Waals surface area contributed by atoms with Gasteiger partial charge in [0.05, 0.1) is 6.54 Å². The van der Waals surface area contributed by atoms with Gasteiger partial charge in [0.2, 0.25) is 5.91 Å². The van der Waals surface area contributed by atoms with E-state index in [9.17, 15) is 4.79 Å². The van der Waals surface area contributed by atoms with Gasteiger partial charge in [0.15, 0.2) is 0 Å². The number of nitrogens with zero attached hydrogens (tertiary/aromatic N) is 1. The van der Waals surface area contributed by atoms with Crippen LogP contribution in [0.5, 0.6) is 5.75 Å². The van der Waals surface area contributed by atoms with Gasteiger partial charge in [-0.05, 0) is 31.5 Å². The number of carbonyl (C=O) groups is 1. The highest BCUT2D eigenvalue weighted by molar-refractivity contribution is 5.77. The van der Waals surface area contributed by atoms with E-state index in [0.29, 0.717) is 19.2 Å². The molecular formula is C14H20N2O2. The van der Waals surface area contributed by atoms with Gasteiger partial charge in [-0.15, -0.1) is 0 Å². The van der Waals surface area contributed by atoms with Crippen LogP contribution in [0.4, 0.5) is 0 Å². The first kappa shape index (κ1) is 12.9. The average molecular weight is 248 g/mol. The van der Waals surface area contributed by atoms with E-state index >= 15 is 0 Å². The number of likely N-dealkylation sites (tertiary alicyclic amines) is 1. The summed E-state index contributed by atoms with van der Waals surface area (Å²) >= 11 is 0. The second-order valence-electron chi connectivity index (χ2n) is 4.56. The lowest BCUT2D eigenvalue weighted by molar-refractivity contribution is -0.122. The van der Waals surface area contributed by atoms with E-state index in [4.69, 9.17) is 4.74 Å². The highest BCUT2D eigenvalue weighted by atomic mass is 16.5. The lowest BCUT2D eigenvalue weighted by atomic mass is 10.2. The number of para-hydroxylation sites is 1. The molecule has 0 aromatic heterocycles. The van der Waals surface area contributed by atoms with E-state index in [0.717, 1.165) is 25.1 Å². The SMILES string of the molecule is CNC(=O)CN1CCCC1COc1ccccc1. The van der Waals surface area contributed by atoms with Crippen molar-refractivity contribution < 1.29 is 9.53 Å². The molecule has 1 aliphatic rings. The Balaban J connectivity index is 1.83. The molecule has 1 atom stereocenters.